The quantitative estimate of drug-likeness (QED) is 0.785. The minimum atomic E-state index is -3.91. The van der Waals surface area contributed by atoms with Crippen LogP contribution in [0.1, 0.15) is 18.4 Å². The summed E-state index contributed by atoms with van der Waals surface area (Å²) in [6.07, 6.45) is 0.993. The second-order valence-corrected chi connectivity index (χ2v) is 6.82. The third-order valence-electron chi connectivity index (χ3n) is 3.32. The van der Waals surface area contributed by atoms with Crippen LogP contribution in [0.3, 0.4) is 0 Å². The average molecular weight is 329 g/mol. The highest BCUT2D eigenvalue weighted by atomic mass is 35.5. The lowest BCUT2D eigenvalue weighted by Gasteiger charge is -2.22. The predicted molar refractivity (Wildman–Crippen MR) is 75.1 cm³/mol. The van der Waals surface area contributed by atoms with Gasteiger partial charge in [-0.3, -0.25) is 4.79 Å². The van der Waals surface area contributed by atoms with Crippen molar-refractivity contribution in [1.29, 1.82) is 5.26 Å². The Morgan fingerprint density at radius 3 is 2.81 bits per heavy atom. The Morgan fingerprint density at radius 2 is 2.24 bits per heavy atom. The summed E-state index contributed by atoms with van der Waals surface area (Å²) in [6, 6.07) is 5.00. The Labute approximate surface area is 127 Å². The van der Waals surface area contributed by atoms with E-state index >= 15 is 0 Å². The van der Waals surface area contributed by atoms with Gasteiger partial charge >= 0.3 is 5.97 Å². The van der Waals surface area contributed by atoms with Crippen molar-refractivity contribution in [3.63, 3.8) is 0 Å². The van der Waals surface area contributed by atoms with Crippen LogP contribution in [-0.4, -0.2) is 38.4 Å². The second kappa shape index (κ2) is 6.02. The van der Waals surface area contributed by atoms with Crippen LogP contribution in [0.25, 0.3) is 0 Å². The first kappa shape index (κ1) is 15.8. The van der Waals surface area contributed by atoms with Gasteiger partial charge in [0, 0.05) is 6.54 Å². The van der Waals surface area contributed by atoms with Gasteiger partial charge in [0.15, 0.2) is 0 Å². The zero-order chi connectivity index (χ0) is 15.6. The van der Waals surface area contributed by atoms with Crippen molar-refractivity contribution < 1.29 is 17.9 Å². The van der Waals surface area contributed by atoms with Crippen LogP contribution in [0.2, 0.25) is 5.02 Å². The maximum absolute atomic E-state index is 12.6. The van der Waals surface area contributed by atoms with E-state index in [-0.39, 0.29) is 22.0 Å². The number of nitriles is 1. The summed E-state index contributed by atoms with van der Waals surface area (Å²) in [7, 11) is -2.69. The number of ether oxygens (including phenoxy) is 1. The molecule has 0 radical (unpaired) electrons. The first-order chi connectivity index (χ1) is 9.91. The van der Waals surface area contributed by atoms with Crippen molar-refractivity contribution in [2.24, 2.45) is 0 Å². The van der Waals surface area contributed by atoms with E-state index in [0.717, 1.165) is 4.31 Å². The fourth-order valence-corrected chi connectivity index (χ4v) is 4.47. The van der Waals surface area contributed by atoms with Gasteiger partial charge in [-0.25, -0.2) is 8.42 Å². The molecule has 8 heteroatoms. The number of benzene rings is 1. The first-order valence-corrected chi connectivity index (χ1v) is 8.03. The molecule has 0 amide bonds. The number of hydrogen-bond acceptors (Lipinski definition) is 5. The molecule has 1 saturated heterocycles. The monoisotopic (exact) mass is 328 g/mol. The molecule has 21 heavy (non-hydrogen) atoms. The summed E-state index contributed by atoms with van der Waals surface area (Å²) in [5.74, 6) is -0.583. The molecular weight excluding hydrogens is 316 g/mol. The van der Waals surface area contributed by atoms with E-state index in [1.807, 2.05) is 6.07 Å². The fourth-order valence-electron chi connectivity index (χ4n) is 2.31. The van der Waals surface area contributed by atoms with Crippen molar-refractivity contribution in [3.8, 4) is 6.07 Å². The molecule has 1 aliphatic rings. The Hall–Kier alpha value is -1.62. The fraction of sp³-hybridized carbons (Fsp3) is 0.385. The molecule has 1 aliphatic heterocycles. The third-order valence-corrected chi connectivity index (χ3v) is 5.72. The number of esters is 1. The largest absolute Gasteiger partial charge is 0.468 e. The number of halogens is 1. The summed E-state index contributed by atoms with van der Waals surface area (Å²) in [4.78, 5) is 11.6. The Balaban J connectivity index is 2.43. The average Bonchev–Trinajstić information content (AvgIpc) is 2.96. The van der Waals surface area contributed by atoms with Crippen LogP contribution < -0.4 is 0 Å². The van der Waals surface area contributed by atoms with E-state index < -0.39 is 22.0 Å². The van der Waals surface area contributed by atoms with E-state index in [1.54, 1.807) is 0 Å². The molecule has 0 spiro atoms. The van der Waals surface area contributed by atoms with E-state index in [9.17, 15) is 13.2 Å². The summed E-state index contributed by atoms with van der Waals surface area (Å²) < 4.78 is 31.0. The van der Waals surface area contributed by atoms with E-state index in [2.05, 4.69) is 4.74 Å². The molecule has 2 rings (SSSR count). The van der Waals surface area contributed by atoms with Gasteiger partial charge in [-0.05, 0) is 31.0 Å². The van der Waals surface area contributed by atoms with Gasteiger partial charge in [0.25, 0.3) is 0 Å². The van der Waals surface area contributed by atoms with Gasteiger partial charge in [-0.1, -0.05) is 11.6 Å². The lowest BCUT2D eigenvalue weighted by atomic mass is 10.2. The molecule has 112 valence electrons. The van der Waals surface area contributed by atoms with Gasteiger partial charge in [0.2, 0.25) is 10.0 Å². The van der Waals surface area contributed by atoms with Gasteiger partial charge in [0.05, 0.1) is 23.8 Å². The van der Waals surface area contributed by atoms with Gasteiger partial charge in [-0.2, -0.15) is 9.57 Å². The highest BCUT2D eigenvalue weighted by molar-refractivity contribution is 7.89. The van der Waals surface area contributed by atoms with Crippen molar-refractivity contribution in [2.45, 2.75) is 23.8 Å². The first-order valence-electron chi connectivity index (χ1n) is 6.21. The van der Waals surface area contributed by atoms with Crippen molar-refractivity contribution >= 4 is 27.6 Å². The highest BCUT2D eigenvalue weighted by Crippen LogP contribution is 2.31. The van der Waals surface area contributed by atoms with Crippen LogP contribution in [0.5, 0.6) is 0 Å². The standard InChI is InChI=1S/C13H13ClN2O4S/c1-20-13(17)11-3-2-6-16(11)21(18,19)12-5-4-9(8-15)7-10(12)14/h4-5,7,11H,2-3,6H2,1H3. The number of nitrogens with zero attached hydrogens (tertiary/aromatic N) is 2. The highest BCUT2D eigenvalue weighted by Gasteiger charge is 2.40. The smallest absolute Gasteiger partial charge is 0.324 e. The van der Waals surface area contributed by atoms with Crippen LogP contribution in [0, 0.1) is 11.3 Å². The molecule has 0 saturated carbocycles. The maximum atomic E-state index is 12.6. The minimum absolute atomic E-state index is 0.0374. The summed E-state index contributed by atoms with van der Waals surface area (Å²) in [6.45, 7) is 0.235. The van der Waals surface area contributed by atoms with Crippen LogP contribution in [0.15, 0.2) is 23.1 Å². The number of carbonyl (C=O) groups excluding carboxylic acids is 1. The zero-order valence-corrected chi connectivity index (χ0v) is 12.8. The third kappa shape index (κ3) is 2.88. The molecule has 0 aromatic heterocycles. The molecule has 1 aromatic rings. The molecule has 1 atom stereocenters. The summed E-state index contributed by atoms with van der Waals surface area (Å²) in [5, 5.41) is 8.75. The molecule has 0 bridgehead atoms. The number of methoxy groups -OCH3 is 1. The molecule has 0 aliphatic carbocycles. The SMILES string of the molecule is COC(=O)C1CCCN1S(=O)(=O)c1ccc(C#N)cc1Cl. The number of carbonyl (C=O) groups is 1. The lowest BCUT2D eigenvalue weighted by molar-refractivity contribution is -0.144. The lowest BCUT2D eigenvalue weighted by Crippen LogP contribution is -2.41. The van der Waals surface area contributed by atoms with Crippen molar-refractivity contribution in [1.82, 2.24) is 4.31 Å². The summed E-state index contributed by atoms with van der Waals surface area (Å²) >= 11 is 5.96. The molecular formula is C13H13ClN2O4S. The van der Waals surface area contributed by atoms with Crippen LogP contribution >= 0.6 is 11.6 Å². The van der Waals surface area contributed by atoms with E-state index in [4.69, 9.17) is 16.9 Å². The van der Waals surface area contributed by atoms with E-state index in [1.165, 1.54) is 25.3 Å². The van der Waals surface area contributed by atoms with Gasteiger partial charge < -0.3 is 4.74 Å². The molecule has 1 fully saturated rings. The maximum Gasteiger partial charge on any atom is 0.324 e. The normalized spacial score (nSPS) is 19.2. The minimum Gasteiger partial charge on any atom is -0.468 e. The topological polar surface area (TPSA) is 87.5 Å². The van der Waals surface area contributed by atoms with Crippen molar-refractivity contribution in [3.05, 3.63) is 28.8 Å². The summed E-state index contributed by atoms with van der Waals surface area (Å²) in [5.41, 5.74) is 0.268. The second-order valence-electron chi connectivity index (χ2n) is 4.55. The van der Waals surface area contributed by atoms with E-state index in [0.29, 0.717) is 12.8 Å². The van der Waals surface area contributed by atoms with Crippen LogP contribution in [0.4, 0.5) is 0 Å². The predicted octanol–water partition coefficient (Wildman–Crippen LogP) is 1.54. The molecule has 0 N–H and O–H groups in total. The number of sulfonamides is 1. The van der Waals surface area contributed by atoms with Crippen LogP contribution in [-0.2, 0) is 19.6 Å². The van der Waals surface area contributed by atoms with Gasteiger partial charge in [0.1, 0.15) is 10.9 Å². The molecule has 1 aromatic carbocycles. The van der Waals surface area contributed by atoms with Gasteiger partial charge in [-0.15, -0.1) is 0 Å². The molecule has 6 nitrogen and oxygen atoms in total. The zero-order valence-electron chi connectivity index (χ0n) is 11.2. The molecule has 1 heterocycles. The number of hydrogen-bond donors (Lipinski definition) is 0. The van der Waals surface area contributed by atoms with Crippen molar-refractivity contribution in [2.75, 3.05) is 13.7 Å². The number of rotatable bonds is 3. The Bertz CT molecular complexity index is 711. The Kier molecular flexibility index (Phi) is 4.52. The Morgan fingerprint density at radius 1 is 1.52 bits per heavy atom. The molecule has 1 unspecified atom stereocenters.